The van der Waals surface area contributed by atoms with E-state index in [1.807, 2.05) is 6.07 Å². The standard InChI is InChI=1S/C38H47BrO5/c1-9-26(8)42-34-16-24(6)32(19-28(34)22(2)3)38(31-14-13-27(21-39)18-30(31)37(40)44-38)33-20-29(23(4)5)35(17-25(33)7)43-36-12-10-11-15-41-36/h13-14,16-20,22-23,26,36H,9-12,15,21H2,1-8H3. The Balaban J connectivity index is 1.78. The number of alkyl halides is 1. The van der Waals surface area contributed by atoms with Crippen LogP contribution < -0.4 is 9.47 Å². The molecule has 3 aromatic rings. The summed E-state index contributed by atoms with van der Waals surface area (Å²) in [6, 6.07) is 14.8. The second kappa shape index (κ2) is 13.3. The summed E-state index contributed by atoms with van der Waals surface area (Å²) >= 11 is 3.57. The molecule has 236 valence electrons. The van der Waals surface area contributed by atoms with Crippen LogP contribution in [0.1, 0.15) is 134 Å². The Kier molecular flexibility index (Phi) is 9.81. The van der Waals surface area contributed by atoms with Crippen molar-refractivity contribution in [2.24, 2.45) is 0 Å². The minimum absolute atomic E-state index is 0.0935. The highest BCUT2D eigenvalue weighted by Crippen LogP contribution is 2.52. The maximum Gasteiger partial charge on any atom is 0.340 e. The molecule has 0 radical (unpaired) electrons. The summed E-state index contributed by atoms with van der Waals surface area (Å²) in [5.74, 6) is 1.79. The van der Waals surface area contributed by atoms with Crippen LogP contribution in [-0.4, -0.2) is 25.0 Å². The predicted molar refractivity (Wildman–Crippen MR) is 180 cm³/mol. The van der Waals surface area contributed by atoms with Crippen LogP contribution in [0.5, 0.6) is 11.5 Å². The summed E-state index contributed by atoms with van der Waals surface area (Å²) in [4.78, 5) is 13.8. The molecule has 5 nitrogen and oxygen atoms in total. The molecule has 1 saturated heterocycles. The molecular formula is C38H47BrO5. The lowest BCUT2D eigenvalue weighted by Crippen LogP contribution is -2.32. The summed E-state index contributed by atoms with van der Waals surface area (Å²) in [5, 5.41) is 0.657. The van der Waals surface area contributed by atoms with E-state index in [0.29, 0.717) is 10.9 Å². The quantitative estimate of drug-likeness (QED) is 0.160. The maximum atomic E-state index is 13.8. The predicted octanol–water partition coefficient (Wildman–Crippen LogP) is 9.99. The highest BCUT2D eigenvalue weighted by molar-refractivity contribution is 9.08. The molecule has 2 aliphatic heterocycles. The molecule has 0 spiro atoms. The normalized spacial score (nSPS) is 20.5. The third-order valence-corrected chi connectivity index (χ3v) is 9.75. The summed E-state index contributed by atoms with van der Waals surface area (Å²) < 4.78 is 25.6. The first-order valence-electron chi connectivity index (χ1n) is 16.2. The summed E-state index contributed by atoms with van der Waals surface area (Å²) in [6.45, 7) is 17.9. The van der Waals surface area contributed by atoms with Crippen molar-refractivity contribution in [2.75, 3.05) is 6.61 Å². The van der Waals surface area contributed by atoms with Gasteiger partial charge in [-0.2, -0.15) is 0 Å². The van der Waals surface area contributed by atoms with Crippen LogP contribution in [0.2, 0.25) is 0 Å². The first-order valence-corrected chi connectivity index (χ1v) is 17.3. The lowest BCUT2D eigenvalue weighted by atomic mass is 9.74. The number of hydrogen-bond donors (Lipinski definition) is 0. The molecule has 6 heteroatoms. The van der Waals surface area contributed by atoms with Crippen LogP contribution in [0, 0.1) is 13.8 Å². The van der Waals surface area contributed by atoms with Crippen LogP contribution >= 0.6 is 15.9 Å². The number of rotatable bonds is 10. The molecule has 2 aliphatic rings. The van der Waals surface area contributed by atoms with E-state index >= 15 is 0 Å². The van der Waals surface area contributed by atoms with Crippen molar-refractivity contribution < 1.29 is 23.7 Å². The van der Waals surface area contributed by atoms with E-state index in [0.717, 1.165) is 88.3 Å². The Bertz CT molecular complexity index is 1520. The zero-order valence-corrected chi connectivity index (χ0v) is 29.1. The molecule has 0 saturated carbocycles. The van der Waals surface area contributed by atoms with Crippen molar-refractivity contribution in [3.63, 3.8) is 0 Å². The van der Waals surface area contributed by atoms with Crippen molar-refractivity contribution in [3.05, 3.63) is 92.5 Å². The number of esters is 1. The van der Waals surface area contributed by atoms with Crippen LogP contribution in [0.25, 0.3) is 0 Å². The number of carbonyl (C=O) groups excluding carboxylic acids is 1. The summed E-state index contributed by atoms with van der Waals surface area (Å²) in [7, 11) is 0. The molecule has 0 aliphatic carbocycles. The Labute approximate surface area is 271 Å². The number of fused-ring (bicyclic) bond motifs is 1. The van der Waals surface area contributed by atoms with Gasteiger partial charge >= 0.3 is 5.97 Å². The smallest absolute Gasteiger partial charge is 0.340 e. The van der Waals surface area contributed by atoms with Gasteiger partial charge in [0.2, 0.25) is 0 Å². The van der Waals surface area contributed by atoms with Gasteiger partial charge in [0, 0.05) is 28.4 Å². The SMILES string of the molecule is CCC(C)Oc1cc(C)c(C2(c3cc(C(C)C)c(OC4CCCCO4)cc3C)OC(=O)c3cc(CBr)ccc32)cc1C(C)C. The highest BCUT2D eigenvalue weighted by atomic mass is 79.9. The molecule has 1 fully saturated rings. The molecule has 5 rings (SSSR count). The lowest BCUT2D eigenvalue weighted by Gasteiger charge is -2.35. The van der Waals surface area contributed by atoms with Crippen molar-refractivity contribution in [3.8, 4) is 11.5 Å². The first kappa shape index (κ1) is 32.6. The maximum absolute atomic E-state index is 13.8. The fourth-order valence-electron chi connectivity index (χ4n) is 6.45. The van der Waals surface area contributed by atoms with E-state index in [9.17, 15) is 4.79 Å². The molecule has 3 unspecified atom stereocenters. The van der Waals surface area contributed by atoms with E-state index in [-0.39, 0.29) is 30.2 Å². The Morgan fingerprint density at radius 2 is 1.52 bits per heavy atom. The van der Waals surface area contributed by atoms with Crippen LogP contribution in [-0.2, 0) is 20.4 Å². The number of ether oxygens (including phenoxy) is 4. The monoisotopic (exact) mass is 662 g/mol. The average Bonchev–Trinajstić information content (AvgIpc) is 3.29. The average molecular weight is 664 g/mol. The minimum atomic E-state index is -1.13. The molecule has 3 aromatic carbocycles. The third-order valence-electron chi connectivity index (χ3n) is 9.10. The van der Waals surface area contributed by atoms with Crippen LogP contribution in [0.4, 0.5) is 0 Å². The van der Waals surface area contributed by atoms with Crippen LogP contribution in [0.15, 0.2) is 42.5 Å². The zero-order valence-electron chi connectivity index (χ0n) is 27.5. The number of cyclic esters (lactones) is 1. The number of carbonyl (C=O) groups is 1. The van der Waals surface area contributed by atoms with Gasteiger partial charge in [0.25, 0.3) is 0 Å². The Morgan fingerprint density at radius 3 is 2.09 bits per heavy atom. The van der Waals surface area contributed by atoms with Crippen molar-refractivity contribution in [1.29, 1.82) is 0 Å². The molecule has 2 heterocycles. The summed E-state index contributed by atoms with van der Waals surface area (Å²) in [5.41, 5.74) is 7.45. The van der Waals surface area contributed by atoms with Gasteiger partial charge in [0.1, 0.15) is 11.5 Å². The Hall–Kier alpha value is -2.83. The number of hydrogen-bond acceptors (Lipinski definition) is 5. The molecule has 3 atom stereocenters. The Morgan fingerprint density at radius 1 is 0.886 bits per heavy atom. The molecular weight excluding hydrogens is 616 g/mol. The fraction of sp³-hybridized carbons (Fsp3) is 0.500. The minimum Gasteiger partial charge on any atom is -0.490 e. The van der Waals surface area contributed by atoms with Gasteiger partial charge in [-0.25, -0.2) is 4.79 Å². The molecule has 44 heavy (non-hydrogen) atoms. The first-order chi connectivity index (χ1) is 21.0. The molecule has 0 N–H and O–H groups in total. The van der Waals surface area contributed by atoms with Gasteiger partial charge in [-0.05, 0) is 110 Å². The van der Waals surface area contributed by atoms with Gasteiger partial charge in [0.05, 0.1) is 18.3 Å². The van der Waals surface area contributed by atoms with Crippen LogP contribution in [0.3, 0.4) is 0 Å². The van der Waals surface area contributed by atoms with Crippen molar-refractivity contribution in [2.45, 2.75) is 116 Å². The van der Waals surface area contributed by atoms with Crippen molar-refractivity contribution in [1.82, 2.24) is 0 Å². The molecule has 0 amide bonds. The number of aryl methyl sites for hydroxylation is 2. The van der Waals surface area contributed by atoms with Gasteiger partial charge in [-0.1, -0.05) is 62.7 Å². The lowest BCUT2D eigenvalue weighted by molar-refractivity contribution is -0.106. The summed E-state index contributed by atoms with van der Waals surface area (Å²) in [6.07, 6.45) is 3.81. The largest absolute Gasteiger partial charge is 0.490 e. The second-order valence-electron chi connectivity index (χ2n) is 13.1. The molecule has 0 aromatic heterocycles. The van der Waals surface area contributed by atoms with Gasteiger partial charge in [-0.3, -0.25) is 0 Å². The zero-order chi connectivity index (χ0) is 31.8. The number of halogens is 1. The van der Waals surface area contributed by atoms with Crippen molar-refractivity contribution >= 4 is 21.9 Å². The third kappa shape index (κ3) is 6.04. The van der Waals surface area contributed by atoms with E-state index in [1.54, 1.807) is 0 Å². The van der Waals surface area contributed by atoms with Gasteiger partial charge in [-0.15, -0.1) is 0 Å². The van der Waals surface area contributed by atoms with Gasteiger partial charge in [0.15, 0.2) is 11.9 Å². The van der Waals surface area contributed by atoms with E-state index in [1.165, 1.54) is 0 Å². The number of benzene rings is 3. The van der Waals surface area contributed by atoms with E-state index < -0.39 is 5.60 Å². The molecule has 0 bridgehead atoms. The topological polar surface area (TPSA) is 54.0 Å². The van der Waals surface area contributed by atoms with Gasteiger partial charge < -0.3 is 18.9 Å². The van der Waals surface area contributed by atoms with E-state index in [4.69, 9.17) is 18.9 Å². The van der Waals surface area contributed by atoms with E-state index in [2.05, 4.69) is 108 Å². The second-order valence-corrected chi connectivity index (χ2v) is 13.6. The highest BCUT2D eigenvalue weighted by Gasteiger charge is 2.51. The fourth-order valence-corrected chi connectivity index (χ4v) is 6.80.